The van der Waals surface area contributed by atoms with Crippen LogP contribution < -0.4 is 5.73 Å². The highest BCUT2D eigenvalue weighted by atomic mass is 32.2. The zero-order chi connectivity index (χ0) is 13.7. The maximum atomic E-state index is 11.6. The Kier molecular flexibility index (Phi) is 2.85. The van der Waals surface area contributed by atoms with Crippen LogP contribution in [0.1, 0.15) is 25.7 Å². The van der Waals surface area contributed by atoms with Crippen LogP contribution in [0.25, 0.3) is 11.0 Å². The van der Waals surface area contributed by atoms with Gasteiger partial charge in [-0.1, -0.05) is 0 Å². The van der Waals surface area contributed by atoms with Gasteiger partial charge in [0.05, 0.1) is 21.6 Å². The molecule has 0 radical (unpaired) electrons. The molecule has 0 atom stereocenters. The first-order chi connectivity index (χ1) is 8.21. The maximum Gasteiger partial charge on any atom is 0.175 e. The van der Waals surface area contributed by atoms with Gasteiger partial charge in [0.25, 0.3) is 0 Å². The Balaban J connectivity index is 2.86. The molecule has 2 N–H and O–H groups in total. The zero-order valence-electron chi connectivity index (χ0n) is 10.9. The fourth-order valence-electron chi connectivity index (χ4n) is 2.20. The van der Waals surface area contributed by atoms with Crippen LogP contribution in [0.15, 0.2) is 17.0 Å². The van der Waals surface area contributed by atoms with E-state index in [4.69, 9.17) is 5.73 Å². The summed E-state index contributed by atoms with van der Waals surface area (Å²) in [5, 5.41) is 0. The van der Waals surface area contributed by atoms with Gasteiger partial charge < -0.3 is 10.3 Å². The molecular weight excluding hydrogens is 250 g/mol. The molecular formula is C12H17N3O2S. The predicted octanol–water partition coefficient (Wildman–Crippen LogP) is 1.91. The van der Waals surface area contributed by atoms with E-state index in [0.29, 0.717) is 11.2 Å². The molecule has 18 heavy (non-hydrogen) atoms. The molecule has 1 aromatic carbocycles. The van der Waals surface area contributed by atoms with Crippen LogP contribution in [0.3, 0.4) is 0 Å². The van der Waals surface area contributed by atoms with Crippen LogP contribution in [0.2, 0.25) is 0 Å². The summed E-state index contributed by atoms with van der Waals surface area (Å²) in [7, 11) is -3.27. The third kappa shape index (κ3) is 1.96. The topological polar surface area (TPSA) is 78.0 Å². The highest BCUT2D eigenvalue weighted by molar-refractivity contribution is 7.90. The van der Waals surface area contributed by atoms with Crippen molar-refractivity contribution in [2.45, 2.75) is 31.7 Å². The van der Waals surface area contributed by atoms with Crippen LogP contribution in [0, 0.1) is 6.92 Å². The second-order valence-corrected chi connectivity index (χ2v) is 6.79. The molecule has 0 saturated heterocycles. The summed E-state index contributed by atoms with van der Waals surface area (Å²) < 4.78 is 25.1. The van der Waals surface area contributed by atoms with Gasteiger partial charge in [0, 0.05) is 12.3 Å². The molecule has 0 aliphatic heterocycles. The minimum Gasteiger partial charge on any atom is -0.397 e. The van der Waals surface area contributed by atoms with E-state index in [1.54, 1.807) is 6.07 Å². The van der Waals surface area contributed by atoms with Crippen molar-refractivity contribution in [1.29, 1.82) is 0 Å². The van der Waals surface area contributed by atoms with E-state index in [1.807, 2.05) is 25.3 Å². The third-order valence-corrected chi connectivity index (χ3v) is 4.00. The molecule has 2 rings (SSSR count). The first-order valence-corrected chi connectivity index (χ1v) is 7.59. The van der Waals surface area contributed by atoms with Gasteiger partial charge in [-0.3, -0.25) is 0 Å². The minimum atomic E-state index is -3.27. The molecule has 0 unspecified atom stereocenters. The van der Waals surface area contributed by atoms with Crippen molar-refractivity contribution in [3.8, 4) is 0 Å². The molecule has 0 spiro atoms. The predicted molar refractivity (Wildman–Crippen MR) is 72.4 cm³/mol. The number of hydrogen-bond acceptors (Lipinski definition) is 4. The normalized spacial score (nSPS) is 12.5. The average Bonchev–Trinajstić information content (AvgIpc) is 2.53. The SMILES string of the molecule is Cc1nc2cc(S(C)(=O)=O)cc(N)c2n1C(C)C. The van der Waals surface area contributed by atoms with Gasteiger partial charge in [-0.25, -0.2) is 13.4 Å². The highest BCUT2D eigenvalue weighted by Crippen LogP contribution is 2.28. The second-order valence-electron chi connectivity index (χ2n) is 4.78. The quantitative estimate of drug-likeness (QED) is 0.843. The van der Waals surface area contributed by atoms with Crippen molar-refractivity contribution in [1.82, 2.24) is 9.55 Å². The molecule has 0 aliphatic rings. The monoisotopic (exact) mass is 267 g/mol. The minimum absolute atomic E-state index is 0.209. The number of benzene rings is 1. The molecule has 2 aromatic rings. The zero-order valence-corrected chi connectivity index (χ0v) is 11.7. The molecule has 1 heterocycles. The number of nitrogens with two attached hydrogens (primary N) is 1. The molecule has 0 aliphatic carbocycles. The van der Waals surface area contributed by atoms with Crippen LogP contribution in [-0.2, 0) is 9.84 Å². The Hall–Kier alpha value is -1.56. The number of rotatable bonds is 2. The fraction of sp³-hybridized carbons (Fsp3) is 0.417. The largest absolute Gasteiger partial charge is 0.397 e. The van der Waals surface area contributed by atoms with Gasteiger partial charge in [0.1, 0.15) is 5.82 Å². The Morgan fingerprint density at radius 3 is 2.44 bits per heavy atom. The van der Waals surface area contributed by atoms with Crippen LogP contribution >= 0.6 is 0 Å². The van der Waals surface area contributed by atoms with E-state index in [2.05, 4.69) is 4.98 Å². The van der Waals surface area contributed by atoms with Gasteiger partial charge >= 0.3 is 0 Å². The van der Waals surface area contributed by atoms with Crippen molar-refractivity contribution >= 4 is 26.6 Å². The lowest BCUT2D eigenvalue weighted by atomic mass is 10.2. The van der Waals surface area contributed by atoms with E-state index in [1.165, 1.54) is 12.3 Å². The first kappa shape index (κ1) is 12.9. The maximum absolute atomic E-state index is 11.6. The lowest BCUT2D eigenvalue weighted by Crippen LogP contribution is -2.05. The smallest absolute Gasteiger partial charge is 0.175 e. The van der Waals surface area contributed by atoms with E-state index in [9.17, 15) is 8.42 Å². The van der Waals surface area contributed by atoms with Crippen molar-refractivity contribution in [3.05, 3.63) is 18.0 Å². The lowest BCUT2D eigenvalue weighted by Gasteiger charge is -2.12. The Morgan fingerprint density at radius 1 is 1.33 bits per heavy atom. The number of aryl methyl sites for hydroxylation is 1. The summed E-state index contributed by atoms with van der Waals surface area (Å²) in [4.78, 5) is 4.60. The summed E-state index contributed by atoms with van der Waals surface area (Å²) in [5.41, 5.74) is 7.85. The highest BCUT2D eigenvalue weighted by Gasteiger charge is 2.17. The standard InChI is InChI=1S/C12H17N3O2S/c1-7(2)15-8(3)14-11-6-9(18(4,16)17)5-10(13)12(11)15/h5-7H,13H2,1-4H3. The molecule has 0 saturated carbocycles. The van der Waals surface area contributed by atoms with E-state index in [-0.39, 0.29) is 10.9 Å². The molecule has 0 fully saturated rings. The summed E-state index contributed by atoms with van der Waals surface area (Å²) >= 11 is 0. The summed E-state index contributed by atoms with van der Waals surface area (Å²) in [6, 6.07) is 3.30. The molecule has 98 valence electrons. The molecule has 5 nitrogen and oxygen atoms in total. The fourth-order valence-corrected chi connectivity index (χ4v) is 2.86. The molecule has 6 heteroatoms. The molecule has 0 bridgehead atoms. The molecule has 0 amide bonds. The Labute approximate surface area is 107 Å². The lowest BCUT2D eigenvalue weighted by molar-refractivity contribution is 0.600. The number of imidazole rings is 1. The van der Waals surface area contributed by atoms with Crippen molar-refractivity contribution in [2.75, 3.05) is 12.0 Å². The van der Waals surface area contributed by atoms with E-state index < -0.39 is 9.84 Å². The van der Waals surface area contributed by atoms with Gasteiger partial charge in [-0.05, 0) is 32.9 Å². The first-order valence-electron chi connectivity index (χ1n) is 5.70. The van der Waals surface area contributed by atoms with Crippen molar-refractivity contribution in [3.63, 3.8) is 0 Å². The van der Waals surface area contributed by atoms with Crippen LogP contribution in [0.4, 0.5) is 5.69 Å². The van der Waals surface area contributed by atoms with Crippen LogP contribution in [-0.4, -0.2) is 24.2 Å². The number of aromatic nitrogens is 2. The average molecular weight is 267 g/mol. The van der Waals surface area contributed by atoms with Gasteiger partial charge in [-0.15, -0.1) is 0 Å². The van der Waals surface area contributed by atoms with E-state index in [0.717, 1.165) is 11.3 Å². The van der Waals surface area contributed by atoms with Gasteiger partial charge in [0.2, 0.25) is 0 Å². The number of nitrogen functional groups attached to an aromatic ring is 1. The van der Waals surface area contributed by atoms with Gasteiger partial charge in [-0.2, -0.15) is 0 Å². The van der Waals surface area contributed by atoms with Gasteiger partial charge in [0.15, 0.2) is 9.84 Å². The second kappa shape index (κ2) is 3.98. The van der Waals surface area contributed by atoms with E-state index >= 15 is 0 Å². The summed E-state index contributed by atoms with van der Waals surface area (Å²) in [5.74, 6) is 0.831. The van der Waals surface area contributed by atoms with Crippen molar-refractivity contribution in [2.24, 2.45) is 0 Å². The van der Waals surface area contributed by atoms with Crippen molar-refractivity contribution < 1.29 is 8.42 Å². The van der Waals surface area contributed by atoms with Crippen LogP contribution in [0.5, 0.6) is 0 Å². The number of fused-ring (bicyclic) bond motifs is 1. The Morgan fingerprint density at radius 2 is 1.94 bits per heavy atom. The summed E-state index contributed by atoms with van der Waals surface area (Å²) in [6.45, 7) is 5.97. The number of hydrogen-bond donors (Lipinski definition) is 1. The third-order valence-electron chi connectivity index (χ3n) is 2.91. The summed E-state index contributed by atoms with van der Waals surface area (Å²) in [6.07, 6.45) is 1.17. The number of nitrogens with zero attached hydrogens (tertiary/aromatic N) is 2. The number of sulfone groups is 1. The number of anilines is 1. The Bertz CT molecular complexity index is 714. The molecule has 1 aromatic heterocycles.